The molecule has 0 aliphatic carbocycles. The Morgan fingerprint density at radius 1 is 1.46 bits per heavy atom. The van der Waals surface area contributed by atoms with Gasteiger partial charge < -0.3 is 15.4 Å². The summed E-state index contributed by atoms with van der Waals surface area (Å²) in [6.07, 6.45) is 4.36. The molecular weight excluding hydrogens is 335 g/mol. The van der Waals surface area contributed by atoms with Crippen LogP contribution in [0.3, 0.4) is 0 Å². The van der Waals surface area contributed by atoms with Gasteiger partial charge in [-0.1, -0.05) is 19.1 Å². The van der Waals surface area contributed by atoms with Crippen molar-refractivity contribution in [3.8, 4) is 5.75 Å². The van der Waals surface area contributed by atoms with Crippen LogP contribution in [0.2, 0.25) is 0 Å². The van der Waals surface area contributed by atoms with Crippen LogP contribution in [0.15, 0.2) is 36.5 Å². The van der Waals surface area contributed by atoms with Crippen molar-refractivity contribution in [2.75, 3.05) is 19.6 Å². The number of para-hydroxylation sites is 1. The average molecular weight is 360 g/mol. The van der Waals surface area contributed by atoms with E-state index in [4.69, 9.17) is 4.74 Å². The minimum absolute atomic E-state index is 0.197. The van der Waals surface area contributed by atoms with Crippen LogP contribution >= 0.6 is 0 Å². The van der Waals surface area contributed by atoms with Gasteiger partial charge in [0.1, 0.15) is 11.8 Å². The van der Waals surface area contributed by atoms with Crippen molar-refractivity contribution >= 4 is 5.91 Å². The fraction of sp³-hybridized carbons (Fsp3) is 0.474. The van der Waals surface area contributed by atoms with Crippen LogP contribution in [-0.2, 0) is 0 Å². The zero-order valence-corrected chi connectivity index (χ0v) is 15.0. The van der Waals surface area contributed by atoms with Gasteiger partial charge in [0.25, 0.3) is 5.91 Å². The van der Waals surface area contributed by atoms with Gasteiger partial charge in [-0.25, -0.2) is 4.39 Å². The van der Waals surface area contributed by atoms with Crippen molar-refractivity contribution in [3.63, 3.8) is 0 Å². The van der Waals surface area contributed by atoms with E-state index in [1.165, 1.54) is 6.07 Å². The van der Waals surface area contributed by atoms with E-state index < -0.39 is 5.82 Å². The summed E-state index contributed by atoms with van der Waals surface area (Å²) in [5.41, 5.74) is 0.385. The number of hydrogen-bond donors (Lipinski definition) is 2. The molecule has 0 spiro atoms. The Morgan fingerprint density at radius 3 is 3.04 bits per heavy atom. The van der Waals surface area contributed by atoms with Crippen molar-refractivity contribution < 1.29 is 13.9 Å². The molecule has 2 N–H and O–H groups in total. The van der Waals surface area contributed by atoms with Gasteiger partial charge in [0.05, 0.1) is 12.6 Å². The molecule has 1 amide bonds. The van der Waals surface area contributed by atoms with Crippen LogP contribution < -0.4 is 15.4 Å². The van der Waals surface area contributed by atoms with Gasteiger partial charge in [-0.2, -0.15) is 5.10 Å². The standard InChI is InChI=1S/C19H25FN4O2/c1-2-15(26-18-8-4-3-7-16(18)20)13-22-19(25)17-9-11-24(23-17)14-6-5-10-21-12-14/h3-4,7-9,11,14-15,21H,2,5-6,10,12-13H2,1H3,(H,22,25). The van der Waals surface area contributed by atoms with Crippen LogP contribution in [0.25, 0.3) is 0 Å². The third-order valence-electron chi connectivity index (χ3n) is 4.56. The van der Waals surface area contributed by atoms with E-state index in [1.54, 1.807) is 24.3 Å². The molecule has 7 heteroatoms. The van der Waals surface area contributed by atoms with Crippen molar-refractivity contribution in [1.29, 1.82) is 0 Å². The van der Waals surface area contributed by atoms with Gasteiger partial charge in [-0.05, 0) is 44.0 Å². The first-order chi connectivity index (χ1) is 12.7. The lowest BCUT2D eigenvalue weighted by atomic mass is 10.1. The molecule has 3 rings (SSSR count). The molecule has 6 nitrogen and oxygen atoms in total. The smallest absolute Gasteiger partial charge is 0.271 e. The van der Waals surface area contributed by atoms with Gasteiger partial charge in [0.2, 0.25) is 0 Å². The zero-order valence-electron chi connectivity index (χ0n) is 15.0. The summed E-state index contributed by atoms with van der Waals surface area (Å²) >= 11 is 0. The van der Waals surface area contributed by atoms with E-state index >= 15 is 0 Å². The number of amides is 1. The third-order valence-corrected chi connectivity index (χ3v) is 4.56. The quantitative estimate of drug-likeness (QED) is 0.796. The predicted molar refractivity (Wildman–Crippen MR) is 96.8 cm³/mol. The molecule has 0 saturated carbocycles. The summed E-state index contributed by atoms with van der Waals surface area (Å²) in [4.78, 5) is 12.3. The normalized spacial score (nSPS) is 18.3. The van der Waals surface area contributed by atoms with Gasteiger partial charge in [-0.3, -0.25) is 9.48 Å². The number of nitrogens with zero attached hydrogens (tertiary/aromatic N) is 2. The summed E-state index contributed by atoms with van der Waals surface area (Å²) in [6.45, 7) is 4.13. The molecule has 2 heterocycles. The summed E-state index contributed by atoms with van der Waals surface area (Å²) in [7, 11) is 0. The van der Waals surface area contributed by atoms with Gasteiger partial charge in [0.15, 0.2) is 11.6 Å². The summed E-state index contributed by atoms with van der Waals surface area (Å²) in [5, 5.41) is 10.6. The molecule has 1 aliphatic rings. The second kappa shape index (κ2) is 8.80. The lowest BCUT2D eigenvalue weighted by molar-refractivity contribution is 0.0918. The summed E-state index contributed by atoms with van der Waals surface area (Å²) in [5.74, 6) is -0.456. The number of hydrogen-bond acceptors (Lipinski definition) is 4. The Hall–Kier alpha value is -2.41. The number of nitrogens with one attached hydrogen (secondary N) is 2. The minimum atomic E-state index is -0.405. The summed E-state index contributed by atoms with van der Waals surface area (Å²) < 4.78 is 21.2. The van der Waals surface area contributed by atoms with Crippen molar-refractivity contribution in [2.24, 2.45) is 0 Å². The topological polar surface area (TPSA) is 68.2 Å². The largest absolute Gasteiger partial charge is 0.486 e. The number of piperidine rings is 1. The first-order valence-electron chi connectivity index (χ1n) is 9.12. The molecule has 26 heavy (non-hydrogen) atoms. The Morgan fingerprint density at radius 2 is 2.31 bits per heavy atom. The highest BCUT2D eigenvalue weighted by Gasteiger charge is 2.19. The maximum Gasteiger partial charge on any atom is 0.271 e. The number of benzene rings is 1. The van der Waals surface area contributed by atoms with Crippen molar-refractivity contribution in [3.05, 3.63) is 48.0 Å². The van der Waals surface area contributed by atoms with Crippen LogP contribution in [-0.4, -0.2) is 41.4 Å². The zero-order chi connectivity index (χ0) is 18.4. The highest BCUT2D eigenvalue weighted by Crippen LogP contribution is 2.18. The second-order valence-electron chi connectivity index (χ2n) is 6.47. The fourth-order valence-corrected chi connectivity index (χ4v) is 3.01. The SMILES string of the molecule is CCC(CNC(=O)c1ccn(C2CCCNC2)n1)Oc1ccccc1F. The Labute approximate surface area is 152 Å². The number of rotatable bonds is 7. The van der Waals surface area contributed by atoms with E-state index in [-0.39, 0.29) is 23.8 Å². The van der Waals surface area contributed by atoms with E-state index in [0.717, 1.165) is 25.9 Å². The molecule has 140 valence electrons. The van der Waals surface area contributed by atoms with Crippen LogP contribution in [0.4, 0.5) is 4.39 Å². The second-order valence-corrected chi connectivity index (χ2v) is 6.47. The van der Waals surface area contributed by atoms with Gasteiger partial charge in [0, 0.05) is 12.7 Å². The minimum Gasteiger partial charge on any atom is -0.486 e. The maximum absolute atomic E-state index is 13.7. The van der Waals surface area contributed by atoms with Crippen LogP contribution in [0.5, 0.6) is 5.75 Å². The molecule has 0 bridgehead atoms. The highest BCUT2D eigenvalue weighted by molar-refractivity contribution is 5.92. The van der Waals surface area contributed by atoms with Crippen molar-refractivity contribution in [2.45, 2.75) is 38.3 Å². The van der Waals surface area contributed by atoms with Crippen LogP contribution in [0.1, 0.15) is 42.7 Å². The molecule has 1 aromatic heterocycles. The van der Waals surface area contributed by atoms with E-state index in [2.05, 4.69) is 15.7 Å². The Kier molecular flexibility index (Phi) is 6.22. The maximum atomic E-state index is 13.7. The summed E-state index contributed by atoms with van der Waals surface area (Å²) in [6, 6.07) is 8.29. The molecule has 2 atom stereocenters. The number of halogens is 1. The molecule has 1 saturated heterocycles. The number of carbonyl (C=O) groups is 1. The van der Waals surface area contributed by atoms with E-state index in [1.807, 2.05) is 17.8 Å². The first kappa shape index (κ1) is 18.4. The lowest BCUT2D eigenvalue weighted by Crippen LogP contribution is -2.35. The number of ether oxygens (including phenoxy) is 1. The van der Waals surface area contributed by atoms with Crippen LogP contribution in [0, 0.1) is 5.82 Å². The average Bonchev–Trinajstić information content (AvgIpc) is 3.17. The predicted octanol–water partition coefficient (Wildman–Crippen LogP) is 2.53. The number of carbonyl (C=O) groups excluding carboxylic acids is 1. The Balaban J connectivity index is 1.54. The highest BCUT2D eigenvalue weighted by atomic mass is 19.1. The molecule has 2 aromatic rings. The van der Waals surface area contributed by atoms with Crippen molar-refractivity contribution in [1.82, 2.24) is 20.4 Å². The van der Waals surface area contributed by atoms with Gasteiger partial charge >= 0.3 is 0 Å². The number of aromatic nitrogens is 2. The molecule has 2 unspecified atom stereocenters. The molecule has 1 aromatic carbocycles. The lowest BCUT2D eigenvalue weighted by Gasteiger charge is -2.22. The molecule has 1 fully saturated rings. The van der Waals surface area contributed by atoms with E-state index in [0.29, 0.717) is 18.7 Å². The molecular formula is C19H25FN4O2. The monoisotopic (exact) mass is 360 g/mol. The van der Waals surface area contributed by atoms with E-state index in [9.17, 15) is 9.18 Å². The first-order valence-corrected chi connectivity index (χ1v) is 9.12. The molecule has 1 aliphatic heterocycles. The Bertz CT molecular complexity index is 728. The third kappa shape index (κ3) is 4.60. The van der Waals surface area contributed by atoms with Gasteiger partial charge in [-0.15, -0.1) is 0 Å². The fourth-order valence-electron chi connectivity index (χ4n) is 3.01. The molecule has 0 radical (unpaired) electrons.